The lowest BCUT2D eigenvalue weighted by molar-refractivity contribution is -0.129. The average Bonchev–Trinajstić information content (AvgIpc) is 2.52. The molecule has 1 aliphatic heterocycles. The number of amides is 1. The van der Waals surface area contributed by atoms with E-state index in [2.05, 4.69) is 29.3 Å². The Morgan fingerprint density at radius 3 is 2.62 bits per heavy atom. The molecule has 1 saturated heterocycles. The molecule has 0 unspecified atom stereocenters. The number of nitrogens with one attached hydrogen (secondary N) is 1. The van der Waals surface area contributed by atoms with Gasteiger partial charge in [-0.2, -0.15) is 5.26 Å². The predicted octanol–water partition coefficient (Wildman–Crippen LogP) is 1.34. The first-order chi connectivity index (χ1) is 10.2. The third kappa shape index (κ3) is 3.73. The average molecular weight is 286 g/mol. The normalized spacial score (nSPS) is 14.9. The van der Waals surface area contributed by atoms with Gasteiger partial charge in [0.25, 0.3) is 0 Å². The van der Waals surface area contributed by atoms with Gasteiger partial charge in [-0.25, -0.2) is 0 Å². The molecule has 0 bridgehead atoms. The number of hydrogen-bond donors (Lipinski definition) is 1. The third-order valence-electron chi connectivity index (χ3n) is 3.83. The maximum Gasteiger partial charge on any atom is 0.219 e. The van der Waals surface area contributed by atoms with Crippen molar-refractivity contribution in [2.45, 2.75) is 20.4 Å². The largest absolute Gasteiger partial charge is 0.367 e. The Morgan fingerprint density at radius 2 is 2.05 bits per heavy atom. The zero-order chi connectivity index (χ0) is 15.2. The predicted molar refractivity (Wildman–Crippen MR) is 83.0 cm³/mol. The van der Waals surface area contributed by atoms with E-state index < -0.39 is 0 Å². The van der Waals surface area contributed by atoms with Crippen LogP contribution in [0.15, 0.2) is 18.2 Å². The molecule has 0 saturated carbocycles. The summed E-state index contributed by atoms with van der Waals surface area (Å²) in [5.74, 6) is 0.121. The highest BCUT2D eigenvalue weighted by molar-refractivity contribution is 5.73. The van der Waals surface area contributed by atoms with Crippen LogP contribution < -0.4 is 10.2 Å². The van der Waals surface area contributed by atoms with Gasteiger partial charge in [0, 0.05) is 39.6 Å². The summed E-state index contributed by atoms with van der Waals surface area (Å²) in [7, 11) is 0. The van der Waals surface area contributed by atoms with Crippen molar-refractivity contribution >= 4 is 11.6 Å². The Morgan fingerprint density at radius 1 is 1.33 bits per heavy atom. The zero-order valence-electron chi connectivity index (χ0n) is 12.7. The number of nitrogens with zero attached hydrogens (tertiary/aromatic N) is 3. The van der Waals surface area contributed by atoms with E-state index in [0.717, 1.165) is 50.5 Å². The molecule has 1 fully saturated rings. The summed E-state index contributed by atoms with van der Waals surface area (Å²) in [6, 6.07) is 8.34. The van der Waals surface area contributed by atoms with E-state index in [4.69, 9.17) is 0 Å². The highest BCUT2D eigenvalue weighted by Gasteiger charge is 2.20. The summed E-state index contributed by atoms with van der Waals surface area (Å²) < 4.78 is 0. The van der Waals surface area contributed by atoms with Crippen molar-refractivity contribution in [1.29, 1.82) is 5.26 Å². The molecule has 0 radical (unpaired) electrons. The lowest BCUT2D eigenvalue weighted by Crippen LogP contribution is -2.48. The summed E-state index contributed by atoms with van der Waals surface area (Å²) in [5.41, 5.74) is 2.81. The highest BCUT2D eigenvalue weighted by Crippen LogP contribution is 2.23. The Labute approximate surface area is 126 Å². The van der Waals surface area contributed by atoms with Crippen molar-refractivity contribution in [2.24, 2.45) is 0 Å². The van der Waals surface area contributed by atoms with Gasteiger partial charge in [0.2, 0.25) is 5.91 Å². The quantitative estimate of drug-likeness (QED) is 0.907. The van der Waals surface area contributed by atoms with Gasteiger partial charge < -0.3 is 15.1 Å². The van der Waals surface area contributed by atoms with E-state index >= 15 is 0 Å². The molecule has 112 valence electrons. The van der Waals surface area contributed by atoms with Crippen molar-refractivity contribution in [3.63, 3.8) is 0 Å². The zero-order valence-corrected chi connectivity index (χ0v) is 12.7. The van der Waals surface area contributed by atoms with E-state index in [1.54, 1.807) is 6.92 Å². The Kier molecular flexibility index (Phi) is 5.18. The van der Waals surface area contributed by atoms with Gasteiger partial charge in [-0.15, -0.1) is 0 Å². The summed E-state index contributed by atoms with van der Waals surface area (Å²) in [4.78, 5) is 15.4. The summed E-state index contributed by atoms with van der Waals surface area (Å²) in [6.07, 6.45) is 0. The maximum absolute atomic E-state index is 11.4. The minimum Gasteiger partial charge on any atom is -0.367 e. The van der Waals surface area contributed by atoms with Gasteiger partial charge in [-0.05, 0) is 24.2 Å². The van der Waals surface area contributed by atoms with Crippen LogP contribution >= 0.6 is 0 Å². The first-order valence-electron chi connectivity index (χ1n) is 7.40. The molecule has 1 aromatic rings. The topological polar surface area (TPSA) is 59.4 Å². The Balaban J connectivity index is 2.10. The number of carbonyl (C=O) groups is 1. The van der Waals surface area contributed by atoms with Gasteiger partial charge in [-0.3, -0.25) is 4.79 Å². The molecular weight excluding hydrogens is 264 g/mol. The molecule has 1 N–H and O–H groups in total. The molecular formula is C16H22N4O. The highest BCUT2D eigenvalue weighted by atomic mass is 16.2. The number of hydrogen-bond acceptors (Lipinski definition) is 4. The maximum atomic E-state index is 11.4. The molecule has 1 amide bonds. The van der Waals surface area contributed by atoms with Crippen LogP contribution in [-0.4, -0.2) is 43.5 Å². The fourth-order valence-electron chi connectivity index (χ4n) is 2.59. The van der Waals surface area contributed by atoms with E-state index in [1.807, 2.05) is 17.0 Å². The smallest absolute Gasteiger partial charge is 0.219 e. The van der Waals surface area contributed by atoms with Gasteiger partial charge in [-0.1, -0.05) is 13.0 Å². The molecule has 0 aliphatic carbocycles. The van der Waals surface area contributed by atoms with Gasteiger partial charge >= 0.3 is 0 Å². The van der Waals surface area contributed by atoms with E-state index in [9.17, 15) is 10.1 Å². The Hall–Kier alpha value is -2.06. The molecule has 1 aromatic carbocycles. The molecule has 0 spiro atoms. The SMILES string of the molecule is CCNCc1ccc(N2CCN(C(C)=O)CC2)c(C#N)c1. The van der Waals surface area contributed by atoms with Crippen molar-refractivity contribution in [3.05, 3.63) is 29.3 Å². The summed E-state index contributed by atoms with van der Waals surface area (Å²) >= 11 is 0. The number of carbonyl (C=O) groups excluding carboxylic acids is 1. The monoisotopic (exact) mass is 286 g/mol. The van der Waals surface area contributed by atoms with Gasteiger partial charge in [0.05, 0.1) is 11.3 Å². The van der Waals surface area contributed by atoms with E-state index in [-0.39, 0.29) is 5.91 Å². The number of piperazine rings is 1. The first kappa shape index (κ1) is 15.3. The molecule has 5 nitrogen and oxygen atoms in total. The summed E-state index contributed by atoms with van der Waals surface area (Å²) in [6.45, 7) is 8.36. The number of benzene rings is 1. The van der Waals surface area contributed by atoms with Crippen LogP contribution in [0.3, 0.4) is 0 Å². The van der Waals surface area contributed by atoms with Crippen molar-refractivity contribution in [1.82, 2.24) is 10.2 Å². The second-order valence-corrected chi connectivity index (χ2v) is 5.24. The molecule has 1 aliphatic rings. The minimum absolute atomic E-state index is 0.121. The lowest BCUT2D eigenvalue weighted by atomic mass is 10.1. The molecule has 1 heterocycles. The van der Waals surface area contributed by atoms with Crippen LogP contribution in [-0.2, 0) is 11.3 Å². The van der Waals surface area contributed by atoms with Crippen LogP contribution in [0.4, 0.5) is 5.69 Å². The van der Waals surface area contributed by atoms with E-state index in [0.29, 0.717) is 5.56 Å². The van der Waals surface area contributed by atoms with Crippen molar-refractivity contribution in [3.8, 4) is 6.07 Å². The molecule has 2 rings (SSSR count). The van der Waals surface area contributed by atoms with Crippen LogP contribution in [0.1, 0.15) is 25.0 Å². The van der Waals surface area contributed by atoms with Crippen molar-refractivity contribution in [2.75, 3.05) is 37.6 Å². The molecule has 5 heteroatoms. The van der Waals surface area contributed by atoms with Crippen LogP contribution in [0.25, 0.3) is 0 Å². The van der Waals surface area contributed by atoms with Gasteiger partial charge in [0.15, 0.2) is 0 Å². The lowest BCUT2D eigenvalue weighted by Gasteiger charge is -2.36. The van der Waals surface area contributed by atoms with Crippen LogP contribution in [0, 0.1) is 11.3 Å². The first-order valence-corrected chi connectivity index (χ1v) is 7.40. The summed E-state index contributed by atoms with van der Waals surface area (Å²) in [5, 5.41) is 12.6. The second kappa shape index (κ2) is 7.09. The fourth-order valence-corrected chi connectivity index (χ4v) is 2.59. The number of nitriles is 1. The minimum atomic E-state index is 0.121. The molecule has 0 atom stereocenters. The fraction of sp³-hybridized carbons (Fsp3) is 0.500. The third-order valence-corrected chi connectivity index (χ3v) is 3.83. The second-order valence-electron chi connectivity index (χ2n) is 5.24. The molecule has 21 heavy (non-hydrogen) atoms. The van der Waals surface area contributed by atoms with Crippen LogP contribution in [0.5, 0.6) is 0 Å². The number of rotatable bonds is 4. The molecule has 0 aromatic heterocycles. The van der Waals surface area contributed by atoms with Gasteiger partial charge in [0.1, 0.15) is 6.07 Å². The van der Waals surface area contributed by atoms with E-state index in [1.165, 1.54) is 0 Å². The van der Waals surface area contributed by atoms with Crippen molar-refractivity contribution < 1.29 is 4.79 Å². The standard InChI is InChI=1S/C16H22N4O/c1-3-18-12-14-4-5-16(15(10-14)11-17)20-8-6-19(7-9-20)13(2)21/h4-5,10,18H,3,6-9,12H2,1-2H3. The number of anilines is 1. The Bertz CT molecular complexity index is 542. The van der Waals surface area contributed by atoms with Crippen LogP contribution in [0.2, 0.25) is 0 Å².